The second-order valence-corrected chi connectivity index (χ2v) is 4.60. The average Bonchev–Trinajstić information content (AvgIpc) is 2.36. The van der Waals surface area contributed by atoms with Crippen molar-refractivity contribution in [1.29, 1.82) is 0 Å². The molecule has 0 amide bonds. The zero-order valence-electron chi connectivity index (χ0n) is 8.84. The summed E-state index contributed by atoms with van der Waals surface area (Å²) in [5, 5.41) is 0. The third-order valence-corrected chi connectivity index (χ3v) is 2.99. The highest BCUT2D eigenvalue weighted by Gasteiger charge is 2.19. The molecule has 1 unspecified atom stereocenters. The van der Waals surface area contributed by atoms with E-state index in [2.05, 4.69) is 25.8 Å². The van der Waals surface area contributed by atoms with Gasteiger partial charge in [0.15, 0.2) is 0 Å². The fourth-order valence-electron chi connectivity index (χ4n) is 2.11. The van der Waals surface area contributed by atoms with Crippen LogP contribution in [0.5, 0.6) is 0 Å². The summed E-state index contributed by atoms with van der Waals surface area (Å²) in [6.45, 7) is 5.96. The van der Waals surface area contributed by atoms with E-state index in [9.17, 15) is 0 Å². The molecule has 1 heteroatoms. The lowest BCUT2D eigenvalue weighted by Crippen LogP contribution is -2.24. The summed E-state index contributed by atoms with van der Waals surface area (Å²) in [6, 6.07) is 0.906. The van der Waals surface area contributed by atoms with Crippen LogP contribution in [-0.2, 0) is 0 Å². The van der Waals surface area contributed by atoms with Crippen molar-refractivity contribution in [2.45, 2.75) is 52.0 Å². The Bertz CT molecular complexity index is 120. The first-order valence-corrected chi connectivity index (χ1v) is 5.40. The second-order valence-electron chi connectivity index (χ2n) is 4.60. The van der Waals surface area contributed by atoms with E-state index in [0.29, 0.717) is 0 Å². The summed E-state index contributed by atoms with van der Waals surface area (Å²) in [7, 11) is 2.27. The SMILES string of the molecule is CC(C)CCCC1CCCN1C. The summed E-state index contributed by atoms with van der Waals surface area (Å²) >= 11 is 0. The van der Waals surface area contributed by atoms with Crippen LogP contribution in [0, 0.1) is 5.92 Å². The molecule has 0 aliphatic carbocycles. The molecule has 1 aliphatic heterocycles. The Balaban J connectivity index is 2.06. The molecule has 0 saturated carbocycles. The Labute approximate surface area is 77.1 Å². The number of nitrogens with zero attached hydrogens (tertiary/aromatic N) is 1. The van der Waals surface area contributed by atoms with Crippen LogP contribution >= 0.6 is 0 Å². The molecule has 0 N–H and O–H groups in total. The Morgan fingerprint density at radius 3 is 2.67 bits per heavy atom. The van der Waals surface area contributed by atoms with Gasteiger partial charge in [0.1, 0.15) is 0 Å². The minimum Gasteiger partial charge on any atom is -0.303 e. The molecule has 12 heavy (non-hydrogen) atoms. The maximum atomic E-state index is 2.53. The van der Waals surface area contributed by atoms with Crippen LogP contribution in [0.15, 0.2) is 0 Å². The van der Waals surface area contributed by atoms with Crippen molar-refractivity contribution in [1.82, 2.24) is 4.90 Å². The van der Waals surface area contributed by atoms with Gasteiger partial charge in [-0.15, -0.1) is 0 Å². The standard InChI is InChI=1S/C11H23N/c1-10(2)6-4-7-11-8-5-9-12(11)3/h10-11H,4-9H2,1-3H3. The minimum absolute atomic E-state index is 0.886. The lowest BCUT2D eigenvalue weighted by atomic mass is 10.0. The van der Waals surface area contributed by atoms with Crippen LogP contribution in [0.25, 0.3) is 0 Å². The molecule has 0 spiro atoms. The third kappa shape index (κ3) is 3.14. The highest BCUT2D eigenvalue weighted by molar-refractivity contribution is 4.75. The van der Waals surface area contributed by atoms with Gasteiger partial charge in [0.2, 0.25) is 0 Å². The number of likely N-dealkylation sites (tertiary alicyclic amines) is 1. The summed E-state index contributed by atoms with van der Waals surface area (Å²) < 4.78 is 0. The maximum absolute atomic E-state index is 2.53. The molecular weight excluding hydrogens is 146 g/mol. The summed E-state index contributed by atoms with van der Waals surface area (Å²) in [6.07, 6.45) is 7.11. The predicted octanol–water partition coefficient (Wildman–Crippen LogP) is 2.91. The van der Waals surface area contributed by atoms with Gasteiger partial charge >= 0.3 is 0 Å². The van der Waals surface area contributed by atoms with Crippen molar-refractivity contribution in [3.63, 3.8) is 0 Å². The van der Waals surface area contributed by atoms with Gasteiger partial charge in [0.25, 0.3) is 0 Å². The van der Waals surface area contributed by atoms with Crippen LogP contribution in [-0.4, -0.2) is 24.5 Å². The van der Waals surface area contributed by atoms with Gasteiger partial charge in [-0.3, -0.25) is 0 Å². The Morgan fingerprint density at radius 1 is 1.42 bits per heavy atom. The molecule has 0 bridgehead atoms. The highest BCUT2D eigenvalue weighted by atomic mass is 15.1. The van der Waals surface area contributed by atoms with Gasteiger partial charge in [-0.25, -0.2) is 0 Å². The summed E-state index contributed by atoms with van der Waals surface area (Å²) in [4.78, 5) is 2.53. The van der Waals surface area contributed by atoms with Crippen LogP contribution in [0.3, 0.4) is 0 Å². The van der Waals surface area contributed by atoms with Crippen molar-refractivity contribution in [3.8, 4) is 0 Å². The smallest absolute Gasteiger partial charge is 0.00926 e. The van der Waals surface area contributed by atoms with Crippen molar-refractivity contribution in [2.24, 2.45) is 5.92 Å². The number of hydrogen-bond donors (Lipinski definition) is 0. The molecule has 0 aromatic rings. The molecule has 1 nitrogen and oxygen atoms in total. The first kappa shape index (κ1) is 10.0. The predicted molar refractivity (Wildman–Crippen MR) is 54.3 cm³/mol. The largest absolute Gasteiger partial charge is 0.303 e. The van der Waals surface area contributed by atoms with E-state index in [1.54, 1.807) is 0 Å². The normalized spacial score (nSPS) is 25.5. The van der Waals surface area contributed by atoms with E-state index in [1.165, 1.54) is 38.6 Å². The molecule has 0 radical (unpaired) electrons. The number of hydrogen-bond acceptors (Lipinski definition) is 1. The first-order chi connectivity index (χ1) is 5.70. The fourth-order valence-corrected chi connectivity index (χ4v) is 2.11. The van der Waals surface area contributed by atoms with Crippen molar-refractivity contribution in [2.75, 3.05) is 13.6 Å². The lowest BCUT2D eigenvalue weighted by Gasteiger charge is -2.19. The van der Waals surface area contributed by atoms with Gasteiger partial charge in [0, 0.05) is 6.04 Å². The Hall–Kier alpha value is -0.0400. The molecule has 0 aromatic carbocycles. The van der Waals surface area contributed by atoms with Crippen LogP contribution in [0.1, 0.15) is 46.0 Å². The first-order valence-electron chi connectivity index (χ1n) is 5.40. The molecule has 1 rings (SSSR count). The third-order valence-electron chi connectivity index (χ3n) is 2.99. The van der Waals surface area contributed by atoms with Gasteiger partial charge in [-0.2, -0.15) is 0 Å². The van der Waals surface area contributed by atoms with Crippen molar-refractivity contribution in [3.05, 3.63) is 0 Å². The van der Waals surface area contributed by atoms with Crippen molar-refractivity contribution < 1.29 is 0 Å². The molecule has 72 valence electrons. The van der Waals surface area contributed by atoms with E-state index < -0.39 is 0 Å². The molecule has 0 aromatic heterocycles. The van der Waals surface area contributed by atoms with E-state index in [-0.39, 0.29) is 0 Å². The average molecular weight is 169 g/mol. The van der Waals surface area contributed by atoms with E-state index in [1.807, 2.05) is 0 Å². The van der Waals surface area contributed by atoms with Gasteiger partial charge < -0.3 is 4.90 Å². The molecule has 1 saturated heterocycles. The molecule has 1 aliphatic rings. The van der Waals surface area contributed by atoms with Crippen LogP contribution in [0.2, 0.25) is 0 Å². The highest BCUT2D eigenvalue weighted by Crippen LogP contribution is 2.20. The molecular formula is C11H23N. The minimum atomic E-state index is 0.886. The summed E-state index contributed by atoms with van der Waals surface area (Å²) in [5.74, 6) is 0.886. The lowest BCUT2D eigenvalue weighted by molar-refractivity contribution is 0.286. The maximum Gasteiger partial charge on any atom is 0.00926 e. The van der Waals surface area contributed by atoms with Crippen LogP contribution in [0.4, 0.5) is 0 Å². The Morgan fingerprint density at radius 2 is 2.17 bits per heavy atom. The fraction of sp³-hybridized carbons (Fsp3) is 1.00. The number of rotatable bonds is 4. The quantitative estimate of drug-likeness (QED) is 0.625. The second kappa shape index (κ2) is 4.86. The van der Waals surface area contributed by atoms with Gasteiger partial charge in [-0.1, -0.05) is 26.7 Å². The monoisotopic (exact) mass is 169 g/mol. The topological polar surface area (TPSA) is 3.24 Å². The summed E-state index contributed by atoms with van der Waals surface area (Å²) in [5.41, 5.74) is 0. The van der Waals surface area contributed by atoms with Gasteiger partial charge in [0.05, 0.1) is 0 Å². The molecule has 1 atom stereocenters. The Kier molecular flexibility index (Phi) is 4.07. The van der Waals surface area contributed by atoms with Crippen LogP contribution < -0.4 is 0 Å². The van der Waals surface area contributed by atoms with E-state index in [4.69, 9.17) is 0 Å². The van der Waals surface area contributed by atoms with E-state index >= 15 is 0 Å². The zero-order chi connectivity index (χ0) is 8.97. The van der Waals surface area contributed by atoms with E-state index in [0.717, 1.165) is 12.0 Å². The van der Waals surface area contributed by atoms with Crippen molar-refractivity contribution >= 4 is 0 Å². The zero-order valence-corrected chi connectivity index (χ0v) is 8.84. The van der Waals surface area contributed by atoms with Gasteiger partial charge in [-0.05, 0) is 38.8 Å². The molecule has 1 heterocycles. The molecule has 1 fully saturated rings.